The third kappa shape index (κ3) is 8.34. The van der Waals surface area contributed by atoms with Gasteiger partial charge in [0.2, 0.25) is 0 Å². The lowest BCUT2D eigenvalue weighted by molar-refractivity contribution is 0.386. The fourth-order valence-electron chi connectivity index (χ4n) is 4.06. The Labute approximate surface area is 173 Å². The molecule has 0 fully saturated rings. The van der Waals surface area contributed by atoms with E-state index in [2.05, 4.69) is 54.8 Å². The quantitative estimate of drug-likeness (QED) is 0.295. The van der Waals surface area contributed by atoms with Crippen molar-refractivity contribution in [2.45, 2.75) is 96.9 Å². The van der Waals surface area contributed by atoms with Crippen LogP contribution in [-0.4, -0.2) is 35.1 Å². The van der Waals surface area contributed by atoms with Crippen LogP contribution in [0.5, 0.6) is 0 Å². The summed E-state index contributed by atoms with van der Waals surface area (Å²) in [5.41, 5.74) is 2.46. The van der Waals surface area contributed by atoms with Crippen LogP contribution in [0.25, 0.3) is 11.0 Å². The van der Waals surface area contributed by atoms with Crippen LogP contribution >= 0.6 is 0 Å². The third-order valence-corrected chi connectivity index (χ3v) is 5.72. The van der Waals surface area contributed by atoms with Crippen LogP contribution < -0.4 is 0 Å². The molecule has 2 rings (SSSR count). The highest BCUT2D eigenvalue weighted by atomic mass is 15.1. The zero-order valence-corrected chi connectivity index (χ0v) is 18.8. The smallest absolute Gasteiger partial charge is 0.109 e. The molecule has 3 nitrogen and oxygen atoms in total. The monoisotopic (exact) mass is 385 g/mol. The Hall–Kier alpha value is -1.35. The number of imidazole rings is 1. The zero-order valence-electron chi connectivity index (χ0n) is 18.8. The molecule has 1 aromatic heterocycles. The predicted octanol–water partition coefficient (Wildman–Crippen LogP) is 6.84. The summed E-state index contributed by atoms with van der Waals surface area (Å²) in [5, 5.41) is 0. The molecule has 3 heteroatoms. The van der Waals surface area contributed by atoms with Crippen LogP contribution in [0.4, 0.5) is 0 Å². The summed E-state index contributed by atoms with van der Waals surface area (Å²) in [6, 6.07) is 8.62. The first-order chi connectivity index (χ1) is 13.7. The van der Waals surface area contributed by atoms with Gasteiger partial charge in [-0.1, -0.05) is 83.3 Å². The molecule has 1 aromatic carbocycles. The van der Waals surface area contributed by atoms with E-state index in [1.807, 2.05) is 0 Å². The van der Waals surface area contributed by atoms with Crippen molar-refractivity contribution in [2.24, 2.45) is 0 Å². The maximum atomic E-state index is 4.94. The molecule has 1 heterocycles. The number of aromatic nitrogens is 2. The second-order valence-corrected chi connectivity index (χ2v) is 8.61. The summed E-state index contributed by atoms with van der Waals surface area (Å²) in [6.45, 7) is 4.50. The number of fused-ring (bicyclic) bond motifs is 1. The van der Waals surface area contributed by atoms with Gasteiger partial charge in [-0.2, -0.15) is 0 Å². The second kappa shape index (κ2) is 13.8. The molecule has 0 atom stereocenters. The van der Waals surface area contributed by atoms with Crippen molar-refractivity contribution in [1.29, 1.82) is 0 Å². The predicted molar refractivity (Wildman–Crippen MR) is 123 cm³/mol. The van der Waals surface area contributed by atoms with Crippen molar-refractivity contribution in [1.82, 2.24) is 14.5 Å². The molecule has 28 heavy (non-hydrogen) atoms. The summed E-state index contributed by atoms with van der Waals surface area (Å²) >= 11 is 0. The summed E-state index contributed by atoms with van der Waals surface area (Å²) < 4.78 is 2.47. The molecule has 0 saturated heterocycles. The molecule has 0 aliphatic heterocycles. The highest BCUT2D eigenvalue weighted by molar-refractivity contribution is 5.75. The fourth-order valence-corrected chi connectivity index (χ4v) is 4.06. The number of benzene rings is 1. The van der Waals surface area contributed by atoms with Crippen molar-refractivity contribution >= 4 is 11.0 Å². The van der Waals surface area contributed by atoms with Crippen LogP contribution in [0.1, 0.15) is 89.8 Å². The van der Waals surface area contributed by atoms with E-state index in [-0.39, 0.29) is 0 Å². The lowest BCUT2D eigenvalue weighted by Crippen LogP contribution is -2.16. The van der Waals surface area contributed by atoms with E-state index in [0.29, 0.717) is 0 Å². The standard InChI is InChI=1S/C25H43N3/c1-4-5-6-7-8-9-10-11-12-13-14-20-25-26-23-18-15-16-19-24(23)28(25)22-17-21-27(2)3/h15-16,18-19H,4-14,17,20-22H2,1-3H3. The van der Waals surface area contributed by atoms with Crippen molar-refractivity contribution in [3.8, 4) is 0 Å². The molecule has 0 unspecified atom stereocenters. The van der Waals surface area contributed by atoms with Gasteiger partial charge in [0.1, 0.15) is 5.82 Å². The molecule has 0 bridgehead atoms. The summed E-state index contributed by atoms with van der Waals surface area (Å²) in [4.78, 5) is 7.21. The normalized spacial score (nSPS) is 11.7. The molecule has 0 spiro atoms. The van der Waals surface area contributed by atoms with Crippen LogP contribution in [0.2, 0.25) is 0 Å². The number of aryl methyl sites for hydroxylation is 2. The van der Waals surface area contributed by atoms with E-state index in [1.54, 1.807) is 0 Å². The van der Waals surface area contributed by atoms with E-state index < -0.39 is 0 Å². The largest absolute Gasteiger partial charge is 0.328 e. The summed E-state index contributed by atoms with van der Waals surface area (Å²) in [5.74, 6) is 1.29. The fraction of sp³-hybridized carbons (Fsp3) is 0.720. The first kappa shape index (κ1) is 22.9. The van der Waals surface area contributed by atoms with Gasteiger partial charge >= 0.3 is 0 Å². The zero-order chi connectivity index (χ0) is 20.0. The number of hydrogen-bond donors (Lipinski definition) is 0. The minimum atomic E-state index is 1.08. The van der Waals surface area contributed by atoms with Crippen molar-refractivity contribution in [3.05, 3.63) is 30.1 Å². The first-order valence-corrected chi connectivity index (χ1v) is 11.8. The lowest BCUT2D eigenvalue weighted by atomic mass is 10.1. The molecule has 0 amide bonds. The number of hydrogen-bond acceptors (Lipinski definition) is 2. The minimum absolute atomic E-state index is 1.08. The molecular formula is C25H43N3. The van der Waals surface area contributed by atoms with Crippen LogP contribution in [0, 0.1) is 0 Å². The molecule has 0 aliphatic carbocycles. The lowest BCUT2D eigenvalue weighted by Gasteiger charge is -2.12. The van der Waals surface area contributed by atoms with Gasteiger partial charge in [-0.3, -0.25) is 0 Å². The molecule has 0 saturated carbocycles. The van der Waals surface area contributed by atoms with Gasteiger partial charge in [-0.15, -0.1) is 0 Å². The van der Waals surface area contributed by atoms with E-state index in [1.165, 1.54) is 88.4 Å². The van der Waals surface area contributed by atoms with Gasteiger partial charge in [-0.25, -0.2) is 4.98 Å². The number of nitrogens with zero attached hydrogens (tertiary/aromatic N) is 3. The molecular weight excluding hydrogens is 342 g/mol. The maximum Gasteiger partial charge on any atom is 0.109 e. The number of para-hydroxylation sites is 2. The minimum Gasteiger partial charge on any atom is -0.328 e. The maximum absolute atomic E-state index is 4.94. The van der Waals surface area contributed by atoms with E-state index in [9.17, 15) is 0 Å². The Morgan fingerprint density at radius 2 is 1.39 bits per heavy atom. The van der Waals surface area contributed by atoms with E-state index >= 15 is 0 Å². The first-order valence-electron chi connectivity index (χ1n) is 11.8. The van der Waals surface area contributed by atoms with Crippen molar-refractivity contribution in [2.75, 3.05) is 20.6 Å². The van der Waals surface area contributed by atoms with E-state index in [0.717, 1.165) is 25.0 Å². The van der Waals surface area contributed by atoms with Gasteiger partial charge in [0, 0.05) is 13.0 Å². The summed E-state index contributed by atoms with van der Waals surface area (Å²) in [7, 11) is 4.30. The van der Waals surface area contributed by atoms with Gasteiger partial charge in [0.05, 0.1) is 11.0 Å². The van der Waals surface area contributed by atoms with Gasteiger partial charge in [0.25, 0.3) is 0 Å². The molecule has 0 N–H and O–H groups in total. The van der Waals surface area contributed by atoms with Crippen LogP contribution in [0.3, 0.4) is 0 Å². The van der Waals surface area contributed by atoms with Gasteiger partial charge < -0.3 is 9.47 Å². The summed E-state index contributed by atoms with van der Waals surface area (Å²) in [6.07, 6.45) is 17.7. The molecule has 0 aliphatic rings. The highest BCUT2D eigenvalue weighted by Gasteiger charge is 2.10. The van der Waals surface area contributed by atoms with Crippen molar-refractivity contribution < 1.29 is 0 Å². The Morgan fingerprint density at radius 1 is 0.786 bits per heavy atom. The van der Waals surface area contributed by atoms with Gasteiger partial charge in [-0.05, 0) is 45.6 Å². The Bertz CT molecular complexity index is 644. The molecule has 158 valence electrons. The molecule has 0 radical (unpaired) electrons. The van der Waals surface area contributed by atoms with Crippen LogP contribution in [-0.2, 0) is 13.0 Å². The SMILES string of the molecule is CCCCCCCCCCCCCc1nc2ccccc2n1CCCN(C)C. The highest BCUT2D eigenvalue weighted by Crippen LogP contribution is 2.19. The molecule has 2 aromatic rings. The second-order valence-electron chi connectivity index (χ2n) is 8.61. The average Bonchev–Trinajstić information content (AvgIpc) is 3.03. The van der Waals surface area contributed by atoms with Gasteiger partial charge in [0.15, 0.2) is 0 Å². The average molecular weight is 386 g/mol. The number of unbranched alkanes of at least 4 members (excludes halogenated alkanes) is 10. The third-order valence-electron chi connectivity index (χ3n) is 5.72. The number of rotatable bonds is 16. The van der Waals surface area contributed by atoms with E-state index in [4.69, 9.17) is 4.98 Å². The van der Waals surface area contributed by atoms with Crippen LogP contribution in [0.15, 0.2) is 24.3 Å². The Balaban J connectivity index is 1.68. The topological polar surface area (TPSA) is 21.1 Å². The van der Waals surface area contributed by atoms with Crippen molar-refractivity contribution in [3.63, 3.8) is 0 Å². The Kier molecular flexibility index (Phi) is 11.3. The Morgan fingerprint density at radius 3 is 2.04 bits per heavy atom.